The van der Waals surface area contributed by atoms with Gasteiger partial charge >= 0.3 is 0 Å². The quantitative estimate of drug-likeness (QED) is 0.647. The molecule has 1 N–H and O–H groups in total. The van der Waals surface area contributed by atoms with E-state index in [0.29, 0.717) is 12.0 Å². The van der Waals surface area contributed by atoms with Crippen molar-refractivity contribution in [3.63, 3.8) is 0 Å². The largest absolute Gasteiger partial charge is 0.353 e. The lowest BCUT2D eigenvalue weighted by Gasteiger charge is -2.14. The molecule has 0 saturated heterocycles. The van der Waals surface area contributed by atoms with Gasteiger partial charge in [-0.1, -0.05) is 25.1 Å². The normalized spacial score (nSPS) is 10.8. The lowest BCUT2D eigenvalue weighted by atomic mass is 10.1. The number of aromatic nitrogens is 1. The van der Waals surface area contributed by atoms with Crippen molar-refractivity contribution in [1.82, 2.24) is 4.98 Å². The molecule has 0 aliphatic carbocycles. The minimum Gasteiger partial charge on any atom is -0.353 e. The molecule has 0 atom stereocenters. The van der Waals surface area contributed by atoms with E-state index in [1.165, 1.54) is 0 Å². The minimum absolute atomic E-state index is 0.140. The molecule has 3 rings (SSSR count). The van der Waals surface area contributed by atoms with Gasteiger partial charge in [0, 0.05) is 18.3 Å². The second kappa shape index (κ2) is 6.28. The van der Waals surface area contributed by atoms with Crippen LogP contribution in [0.3, 0.4) is 0 Å². The van der Waals surface area contributed by atoms with Crippen LogP contribution in [-0.2, 0) is 0 Å². The average Bonchev–Trinajstić information content (AvgIpc) is 2.99. The van der Waals surface area contributed by atoms with E-state index in [-0.39, 0.29) is 5.78 Å². The highest BCUT2D eigenvalue weighted by Gasteiger charge is 2.16. The van der Waals surface area contributed by atoms with Gasteiger partial charge in [-0.25, -0.2) is 0 Å². The van der Waals surface area contributed by atoms with E-state index in [1.54, 1.807) is 17.5 Å². The van der Waals surface area contributed by atoms with E-state index >= 15 is 0 Å². The minimum atomic E-state index is 0.140. The molecule has 0 bridgehead atoms. The number of thiophene rings is 1. The number of carbonyl (C=O) groups is 1. The van der Waals surface area contributed by atoms with Crippen molar-refractivity contribution in [1.29, 1.82) is 0 Å². The Bertz CT molecular complexity index is 823. The Morgan fingerprint density at radius 1 is 1.27 bits per heavy atom. The summed E-state index contributed by atoms with van der Waals surface area (Å²) < 4.78 is 1.03. The summed E-state index contributed by atoms with van der Waals surface area (Å²) in [5.41, 5.74) is 4.66. The van der Waals surface area contributed by atoms with Crippen LogP contribution in [0.4, 0.5) is 11.4 Å². The summed E-state index contributed by atoms with van der Waals surface area (Å²) in [6, 6.07) is 10.1. The van der Waals surface area contributed by atoms with E-state index in [2.05, 4.69) is 23.3 Å². The van der Waals surface area contributed by atoms with Crippen LogP contribution in [-0.4, -0.2) is 10.8 Å². The standard InChI is InChI=1S/C18H18N2OS/c1-3-6-16(21)13-11-19-15-9-10-22-18(15)17(13)20-14-8-5-4-7-12(14)2/h4-5,7-11H,3,6H2,1-2H3,(H,19,20). The van der Waals surface area contributed by atoms with E-state index < -0.39 is 0 Å². The van der Waals surface area contributed by atoms with E-state index in [1.807, 2.05) is 36.6 Å². The SMILES string of the molecule is CCCC(=O)c1cnc2ccsc2c1Nc1ccccc1C. The first-order chi connectivity index (χ1) is 10.7. The maximum absolute atomic E-state index is 12.4. The number of nitrogens with one attached hydrogen (secondary N) is 1. The van der Waals surface area contributed by atoms with Crippen LogP contribution in [0, 0.1) is 6.92 Å². The predicted molar refractivity (Wildman–Crippen MR) is 93.3 cm³/mol. The third-order valence-corrected chi connectivity index (χ3v) is 4.58. The summed E-state index contributed by atoms with van der Waals surface area (Å²) in [4.78, 5) is 16.8. The van der Waals surface area contributed by atoms with Crippen molar-refractivity contribution in [3.8, 4) is 0 Å². The Labute approximate surface area is 134 Å². The van der Waals surface area contributed by atoms with Crippen molar-refractivity contribution in [2.24, 2.45) is 0 Å². The number of aryl methyl sites for hydroxylation is 1. The molecule has 0 fully saturated rings. The van der Waals surface area contributed by atoms with Gasteiger partial charge in [0.1, 0.15) is 0 Å². The third-order valence-electron chi connectivity index (χ3n) is 3.66. The third kappa shape index (κ3) is 2.74. The molecule has 0 unspecified atom stereocenters. The molecule has 0 aliphatic rings. The molecule has 2 aromatic heterocycles. The van der Waals surface area contributed by atoms with Crippen LogP contribution in [0.5, 0.6) is 0 Å². The second-order valence-electron chi connectivity index (χ2n) is 5.29. The maximum Gasteiger partial charge on any atom is 0.166 e. The monoisotopic (exact) mass is 310 g/mol. The Hall–Kier alpha value is -2.20. The van der Waals surface area contributed by atoms with Gasteiger partial charge in [-0.2, -0.15) is 0 Å². The Morgan fingerprint density at radius 2 is 2.09 bits per heavy atom. The number of Topliss-reactive ketones (excluding diaryl/α,β-unsaturated/α-hetero) is 1. The lowest BCUT2D eigenvalue weighted by molar-refractivity contribution is 0.0982. The number of hydrogen-bond acceptors (Lipinski definition) is 4. The molecule has 22 heavy (non-hydrogen) atoms. The molecule has 3 nitrogen and oxygen atoms in total. The van der Waals surface area contributed by atoms with Crippen molar-refractivity contribution < 1.29 is 4.79 Å². The zero-order chi connectivity index (χ0) is 15.5. The number of carbonyl (C=O) groups excluding carboxylic acids is 1. The number of rotatable bonds is 5. The Balaban J connectivity index is 2.12. The highest BCUT2D eigenvalue weighted by molar-refractivity contribution is 7.17. The van der Waals surface area contributed by atoms with Crippen LogP contribution >= 0.6 is 11.3 Å². The number of benzene rings is 1. The molecule has 3 aromatic rings. The molecule has 0 aliphatic heterocycles. The number of hydrogen-bond donors (Lipinski definition) is 1. The summed E-state index contributed by atoms with van der Waals surface area (Å²) in [5.74, 6) is 0.140. The highest BCUT2D eigenvalue weighted by atomic mass is 32.1. The maximum atomic E-state index is 12.4. The van der Waals surface area contributed by atoms with Gasteiger partial charge in [0.25, 0.3) is 0 Å². The van der Waals surface area contributed by atoms with Gasteiger partial charge in [0.15, 0.2) is 5.78 Å². The van der Waals surface area contributed by atoms with Crippen molar-refractivity contribution >= 4 is 38.7 Å². The van der Waals surface area contributed by atoms with Crippen LogP contribution in [0.15, 0.2) is 41.9 Å². The fourth-order valence-corrected chi connectivity index (χ4v) is 3.31. The fraction of sp³-hybridized carbons (Fsp3) is 0.222. The molecular weight excluding hydrogens is 292 g/mol. The van der Waals surface area contributed by atoms with Crippen LogP contribution in [0.2, 0.25) is 0 Å². The number of ketones is 1. The van der Waals surface area contributed by atoms with Gasteiger partial charge in [0.05, 0.1) is 21.5 Å². The number of fused-ring (bicyclic) bond motifs is 1. The first-order valence-corrected chi connectivity index (χ1v) is 8.30. The number of anilines is 2. The molecular formula is C18H18N2OS. The van der Waals surface area contributed by atoms with Crippen molar-refractivity contribution in [3.05, 3.63) is 53.0 Å². The van der Waals surface area contributed by atoms with Crippen LogP contribution < -0.4 is 5.32 Å². The summed E-state index contributed by atoms with van der Waals surface area (Å²) >= 11 is 1.61. The molecule has 0 amide bonds. The molecule has 2 heterocycles. The summed E-state index contributed by atoms with van der Waals surface area (Å²) in [6.45, 7) is 4.08. The van der Waals surface area contributed by atoms with Crippen molar-refractivity contribution in [2.45, 2.75) is 26.7 Å². The number of para-hydroxylation sites is 1. The second-order valence-corrected chi connectivity index (χ2v) is 6.21. The average molecular weight is 310 g/mol. The number of pyridine rings is 1. The zero-order valence-electron chi connectivity index (χ0n) is 12.7. The summed E-state index contributed by atoms with van der Waals surface area (Å²) in [5, 5.41) is 5.47. The molecule has 4 heteroatoms. The molecule has 1 aromatic carbocycles. The Kier molecular flexibility index (Phi) is 4.20. The first-order valence-electron chi connectivity index (χ1n) is 7.42. The topological polar surface area (TPSA) is 42.0 Å². The van der Waals surface area contributed by atoms with Gasteiger partial charge in [-0.05, 0) is 36.4 Å². The lowest BCUT2D eigenvalue weighted by Crippen LogP contribution is -2.05. The van der Waals surface area contributed by atoms with Crippen LogP contribution in [0.25, 0.3) is 10.2 Å². The van der Waals surface area contributed by atoms with Gasteiger partial charge < -0.3 is 5.32 Å². The molecule has 0 radical (unpaired) electrons. The predicted octanol–water partition coefficient (Wildman–Crippen LogP) is 5.33. The van der Waals surface area contributed by atoms with Gasteiger partial charge in [-0.3, -0.25) is 9.78 Å². The Morgan fingerprint density at radius 3 is 2.86 bits per heavy atom. The fourth-order valence-electron chi connectivity index (χ4n) is 2.46. The van der Waals surface area contributed by atoms with Crippen molar-refractivity contribution in [2.75, 3.05) is 5.32 Å². The van der Waals surface area contributed by atoms with E-state index in [4.69, 9.17) is 0 Å². The van der Waals surface area contributed by atoms with E-state index in [9.17, 15) is 4.79 Å². The summed E-state index contributed by atoms with van der Waals surface area (Å²) in [6.07, 6.45) is 3.08. The zero-order valence-corrected chi connectivity index (χ0v) is 13.5. The number of nitrogens with zero attached hydrogens (tertiary/aromatic N) is 1. The summed E-state index contributed by atoms with van der Waals surface area (Å²) in [7, 11) is 0. The first kappa shape index (κ1) is 14.7. The van der Waals surface area contributed by atoms with E-state index in [0.717, 1.165) is 33.6 Å². The van der Waals surface area contributed by atoms with Crippen LogP contribution in [0.1, 0.15) is 35.7 Å². The molecule has 112 valence electrons. The smallest absolute Gasteiger partial charge is 0.166 e. The van der Waals surface area contributed by atoms with Gasteiger partial charge in [-0.15, -0.1) is 11.3 Å². The molecule has 0 saturated carbocycles. The van der Waals surface area contributed by atoms with Gasteiger partial charge in [0.2, 0.25) is 0 Å². The molecule has 0 spiro atoms. The highest BCUT2D eigenvalue weighted by Crippen LogP contribution is 2.34.